The van der Waals surface area contributed by atoms with Gasteiger partial charge in [0.2, 0.25) is 0 Å². The molecule has 3 aliphatic rings. The number of hydrogen-bond donors (Lipinski definition) is 2. The Kier molecular flexibility index (Phi) is 7.90. The van der Waals surface area contributed by atoms with Crippen molar-refractivity contribution in [1.29, 1.82) is 0 Å². The van der Waals surface area contributed by atoms with Crippen LogP contribution in [0.1, 0.15) is 87.2 Å². The number of hydrogen-bond acceptors (Lipinski definition) is 7. The normalized spacial score (nSPS) is 25.8. The van der Waals surface area contributed by atoms with Crippen LogP contribution in [0.15, 0.2) is 29.1 Å². The predicted molar refractivity (Wildman–Crippen MR) is 139 cm³/mol. The maximum absolute atomic E-state index is 13.8. The van der Waals surface area contributed by atoms with E-state index in [1.807, 2.05) is 18.2 Å². The first-order chi connectivity index (χ1) is 18.0. The molecule has 1 amide bonds. The Balaban J connectivity index is 1.45. The maximum atomic E-state index is 13.8. The van der Waals surface area contributed by atoms with Gasteiger partial charge in [0.1, 0.15) is 0 Å². The molecule has 2 bridgehead atoms. The number of nitrogens with one attached hydrogen (secondary N) is 1. The van der Waals surface area contributed by atoms with Crippen LogP contribution in [-0.2, 0) is 9.53 Å². The van der Waals surface area contributed by atoms with Gasteiger partial charge in [0.25, 0.3) is 11.5 Å². The molecule has 0 radical (unpaired) electrons. The highest BCUT2D eigenvalue weighted by Crippen LogP contribution is 2.44. The lowest BCUT2D eigenvalue weighted by Gasteiger charge is -2.45. The lowest BCUT2D eigenvalue weighted by atomic mass is 9.89. The van der Waals surface area contributed by atoms with Crippen molar-refractivity contribution < 1.29 is 19.4 Å². The summed E-state index contributed by atoms with van der Waals surface area (Å²) >= 11 is 0. The number of esters is 1. The molecular formula is C28H38N4O5. The number of ether oxygens (including phenoxy) is 1. The Hall–Kier alpha value is -2.78. The molecule has 37 heavy (non-hydrogen) atoms. The Bertz CT molecular complexity index is 1170. The molecule has 1 saturated carbocycles. The zero-order valence-electron chi connectivity index (χ0n) is 21.6. The first kappa shape index (κ1) is 25.9. The van der Waals surface area contributed by atoms with Gasteiger partial charge in [-0.2, -0.15) is 0 Å². The van der Waals surface area contributed by atoms with Crippen molar-refractivity contribution in [3.8, 4) is 0 Å². The third kappa shape index (κ3) is 5.16. The molecule has 3 atom stereocenters. The molecule has 9 heteroatoms. The second-order valence-electron chi connectivity index (χ2n) is 10.8. The Morgan fingerprint density at radius 1 is 1.00 bits per heavy atom. The number of para-hydroxylation sites is 2. The summed E-state index contributed by atoms with van der Waals surface area (Å²) in [6.07, 6.45) is 13.2. The van der Waals surface area contributed by atoms with E-state index in [9.17, 15) is 19.5 Å². The number of amides is 1. The smallest absolute Gasteiger partial charge is 0.330 e. The molecule has 1 aliphatic carbocycles. The van der Waals surface area contributed by atoms with E-state index in [0.29, 0.717) is 23.6 Å². The molecular weight excluding hydrogens is 472 g/mol. The van der Waals surface area contributed by atoms with Gasteiger partial charge in [-0.25, -0.2) is 9.78 Å². The van der Waals surface area contributed by atoms with Crippen LogP contribution in [0.25, 0.3) is 11.0 Å². The quantitative estimate of drug-likeness (QED) is 0.575. The third-order valence-electron chi connectivity index (χ3n) is 8.61. The van der Waals surface area contributed by atoms with Gasteiger partial charge >= 0.3 is 5.97 Å². The molecule has 9 nitrogen and oxygen atoms in total. The average Bonchev–Trinajstić information content (AvgIpc) is 3.14. The number of methoxy groups -OCH3 is 1. The van der Waals surface area contributed by atoms with E-state index in [-0.39, 0.29) is 11.7 Å². The number of nitrogens with zero attached hydrogens (tertiary/aromatic N) is 3. The molecule has 3 heterocycles. The van der Waals surface area contributed by atoms with Crippen molar-refractivity contribution >= 4 is 22.9 Å². The van der Waals surface area contributed by atoms with Gasteiger partial charge in [-0.05, 0) is 50.7 Å². The first-order valence-corrected chi connectivity index (χ1v) is 13.8. The van der Waals surface area contributed by atoms with Gasteiger partial charge in [-0.15, -0.1) is 0 Å². The summed E-state index contributed by atoms with van der Waals surface area (Å²) in [6, 6.07) is 7.65. The fourth-order valence-corrected chi connectivity index (χ4v) is 6.94. The minimum absolute atomic E-state index is 0.0245. The Labute approximate surface area is 217 Å². The van der Waals surface area contributed by atoms with Crippen molar-refractivity contribution in [3.05, 3.63) is 40.3 Å². The lowest BCUT2D eigenvalue weighted by molar-refractivity contribution is -0.143. The number of carbonyl (C=O) groups excluding carboxylic acids is 2. The van der Waals surface area contributed by atoms with Gasteiger partial charge in [0.15, 0.2) is 11.7 Å². The number of rotatable bonds is 6. The second kappa shape index (κ2) is 11.3. The molecule has 2 saturated heterocycles. The molecule has 2 N–H and O–H groups in total. The van der Waals surface area contributed by atoms with Crippen LogP contribution >= 0.6 is 0 Å². The summed E-state index contributed by atoms with van der Waals surface area (Å²) in [5.74, 6) is -1.57. The summed E-state index contributed by atoms with van der Waals surface area (Å²) < 4.78 is 6.41. The van der Waals surface area contributed by atoms with E-state index in [0.717, 1.165) is 31.2 Å². The first-order valence-electron chi connectivity index (χ1n) is 13.8. The topological polar surface area (TPSA) is 114 Å². The van der Waals surface area contributed by atoms with Gasteiger partial charge < -0.3 is 19.7 Å². The summed E-state index contributed by atoms with van der Waals surface area (Å²) in [6.45, 7) is -0.636. The van der Waals surface area contributed by atoms with Gasteiger partial charge in [0.05, 0.1) is 24.8 Å². The summed E-state index contributed by atoms with van der Waals surface area (Å²) in [5, 5.41) is 11.9. The van der Waals surface area contributed by atoms with Crippen LogP contribution in [0.2, 0.25) is 0 Å². The van der Waals surface area contributed by atoms with Crippen LogP contribution in [0, 0.1) is 0 Å². The fraction of sp³-hybridized carbons (Fsp3) is 0.643. The molecule has 2 aromatic rings. The van der Waals surface area contributed by atoms with Crippen LogP contribution in [0.3, 0.4) is 0 Å². The minimum atomic E-state index is -1.26. The molecule has 1 aromatic carbocycles. The van der Waals surface area contributed by atoms with Crippen LogP contribution in [0.4, 0.5) is 0 Å². The standard InChI is InChI=1S/C28H38N4O5/c1-37-28(36)23(17-33)30-26(34)25-27(35)32(24-12-8-7-11-22(24)29-25)21-15-19-13-14-20(16-21)31(19)18-9-5-3-2-4-6-10-18/h7-8,11-12,18-21,23,33H,2-6,9-10,13-17H2,1H3,(H,30,34)/t19?,20?,21?,23-/m0/s1. The molecule has 2 unspecified atom stereocenters. The molecule has 5 rings (SSSR count). The van der Waals surface area contributed by atoms with Crippen LogP contribution < -0.4 is 10.9 Å². The molecule has 0 spiro atoms. The van der Waals surface area contributed by atoms with E-state index in [1.165, 1.54) is 52.1 Å². The second-order valence-corrected chi connectivity index (χ2v) is 10.8. The SMILES string of the molecule is COC(=O)[C@H](CO)NC(=O)c1nc2ccccc2n(C2CC3CCC(C2)N3C2CCCCCCC2)c1=O. The maximum Gasteiger partial charge on any atom is 0.330 e. The Morgan fingerprint density at radius 3 is 2.30 bits per heavy atom. The van der Waals surface area contributed by atoms with E-state index < -0.39 is 30.1 Å². The molecule has 3 fully saturated rings. The third-order valence-corrected chi connectivity index (χ3v) is 8.61. The molecule has 200 valence electrons. The highest BCUT2D eigenvalue weighted by atomic mass is 16.5. The number of benzene rings is 1. The van der Waals surface area contributed by atoms with E-state index in [1.54, 1.807) is 10.6 Å². The number of carbonyl (C=O) groups is 2. The van der Waals surface area contributed by atoms with Crippen LogP contribution in [-0.4, -0.2) is 69.3 Å². The monoisotopic (exact) mass is 510 g/mol. The van der Waals surface area contributed by atoms with Crippen LogP contribution in [0.5, 0.6) is 0 Å². The van der Waals surface area contributed by atoms with Gasteiger partial charge in [0, 0.05) is 24.2 Å². The van der Waals surface area contributed by atoms with Gasteiger partial charge in [-0.3, -0.25) is 14.5 Å². The summed E-state index contributed by atoms with van der Waals surface area (Å²) in [7, 11) is 1.18. The highest BCUT2D eigenvalue weighted by Gasteiger charge is 2.44. The fourth-order valence-electron chi connectivity index (χ4n) is 6.94. The van der Waals surface area contributed by atoms with Crippen molar-refractivity contribution in [2.75, 3.05) is 13.7 Å². The van der Waals surface area contributed by atoms with Crippen molar-refractivity contribution in [3.63, 3.8) is 0 Å². The summed E-state index contributed by atoms with van der Waals surface area (Å²) in [5.41, 5.74) is 0.553. The van der Waals surface area contributed by atoms with E-state index in [2.05, 4.69) is 19.9 Å². The molecule has 1 aromatic heterocycles. The lowest BCUT2D eigenvalue weighted by Crippen LogP contribution is -2.51. The number of aromatic nitrogens is 2. The van der Waals surface area contributed by atoms with Gasteiger partial charge in [-0.1, -0.05) is 44.2 Å². The largest absolute Gasteiger partial charge is 0.467 e. The summed E-state index contributed by atoms with van der Waals surface area (Å²) in [4.78, 5) is 45.9. The van der Waals surface area contributed by atoms with E-state index >= 15 is 0 Å². The van der Waals surface area contributed by atoms with Crippen molar-refractivity contribution in [2.45, 2.75) is 101 Å². The average molecular weight is 511 g/mol. The highest BCUT2D eigenvalue weighted by molar-refractivity contribution is 5.96. The van der Waals surface area contributed by atoms with Crippen molar-refractivity contribution in [2.24, 2.45) is 0 Å². The number of piperidine rings is 1. The zero-order valence-corrected chi connectivity index (χ0v) is 21.6. The minimum Gasteiger partial charge on any atom is -0.467 e. The Morgan fingerprint density at radius 2 is 1.65 bits per heavy atom. The number of aliphatic hydroxyl groups excluding tert-OH is 1. The predicted octanol–water partition coefficient (Wildman–Crippen LogP) is 2.94. The molecule has 2 aliphatic heterocycles. The van der Waals surface area contributed by atoms with E-state index in [4.69, 9.17) is 0 Å². The number of aliphatic hydroxyl groups is 1. The van der Waals surface area contributed by atoms with Crippen molar-refractivity contribution in [1.82, 2.24) is 19.8 Å². The zero-order chi connectivity index (χ0) is 25.9. The number of fused-ring (bicyclic) bond motifs is 3.